The maximum Gasteiger partial charge on any atom is 0.419 e. The van der Waals surface area contributed by atoms with Crippen molar-refractivity contribution in [3.63, 3.8) is 0 Å². The predicted molar refractivity (Wildman–Crippen MR) is 95.9 cm³/mol. The highest BCUT2D eigenvalue weighted by atomic mass is 19.4. The Kier molecular flexibility index (Phi) is 5.29. The highest BCUT2D eigenvalue weighted by Gasteiger charge is 2.37. The Morgan fingerprint density at radius 2 is 2.07 bits per heavy atom. The van der Waals surface area contributed by atoms with E-state index >= 15 is 0 Å². The Morgan fingerprint density at radius 1 is 1.33 bits per heavy atom. The fourth-order valence-electron chi connectivity index (χ4n) is 3.36. The Labute approximate surface area is 155 Å². The van der Waals surface area contributed by atoms with Crippen LogP contribution in [0.2, 0.25) is 0 Å². The number of pyridine rings is 1. The topological polar surface area (TPSA) is 102 Å². The van der Waals surface area contributed by atoms with Gasteiger partial charge in [0.2, 0.25) is 0 Å². The number of anilines is 1. The molecule has 0 aliphatic carbocycles. The number of nitrogens with zero attached hydrogens (tertiary/aromatic N) is 3. The van der Waals surface area contributed by atoms with Crippen LogP contribution in [0, 0.1) is 0 Å². The molecule has 0 spiro atoms. The van der Waals surface area contributed by atoms with Crippen LogP contribution in [0.15, 0.2) is 34.6 Å². The molecule has 2 aliphatic rings. The number of halogens is 3. The Balaban J connectivity index is 1.81. The zero-order valence-electron chi connectivity index (χ0n) is 15.0. The van der Waals surface area contributed by atoms with Crippen LogP contribution in [0.4, 0.5) is 19.0 Å². The molecule has 0 amide bonds. The third-order valence-electron chi connectivity index (χ3n) is 4.70. The largest absolute Gasteiger partial charge is 0.419 e. The first-order chi connectivity index (χ1) is 12.7. The average molecular weight is 384 g/mol. The summed E-state index contributed by atoms with van der Waals surface area (Å²) in [6.45, 7) is 1.12. The third kappa shape index (κ3) is 4.16. The molecule has 148 valence electrons. The van der Waals surface area contributed by atoms with Crippen LogP contribution < -0.4 is 21.7 Å². The summed E-state index contributed by atoms with van der Waals surface area (Å²) in [5.74, 6) is -0.823. The van der Waals surface area contributed by atoms with E-state index in [1.165, 1.54) is 12.3 Å². The van der Waals surface area contributed by atoms with Gasteiger partial charge in [0.1, 0.15) is 11.7 Å². The summed E-state index contributed by atoms with van der Waals surface area (Å²) in [7, 11) is 1.57. The van der Waals surface area contributed by atoms with Gasteiger partial charge >= 0.3 is 6.18 Å². The first kappa shape index (κ1) is 19.4. The maximum atomic E-state index is 13.3. The van der Waals surface area contributed by atoms with Gasteiger partial charge in [-0.05, 0) is 18.6 Å². The van der Waals surface area contributed by atoms with Crippen molar-refractivity contribution in [3.8, 4) is 0 Å². The van der Waals surface area contributed by atoms with Crippen molar-refractivity contribution >= 4 is 11.7 Å². The molecule has 5 N–H and O–H groups in total. The third-order valence-corrected chi connectivity index (χ3v) is 4.70. The lowest BCUT2D eigenvalue weighted by molar-refractivity contribution is -0.137. The van der Waals surface area contributed by atoms with Crippen molar-refractivity contribution in [1.29, 1.82) is 0 Å². The number of amidine groups is 1. The number of methoxy groups -OCH3 is 1. The lowest BCUT2D eigenvalue weighted by Crippen LogP contribution is -2.56. The van der Waals surface area contributed by atoms with Crippen LogP contribution in [0.1, 0.15) is 24.8 Å². The molecule has 0 bridgehead atoms. The molecule has 1 aromatic heterocycles. The first-order valence-corrected chi connectivity index (χ1v) is 8.64. The quantitative estimate of drug-likeness (QED) is 0.728. The van der Waals surface area contributed by atoms with Crippen molar-refractivity contribution < 1.29 is 17.9 Å². The molecule has 0 fully saturated rings. The smallest absolute Gasteiger partial charge is 0.384 e. The van der Waals surface area contributed by atoms with Gasteiger partial charge in [0.15, 0.2) is 5.79 Å². The number of nitrogens with two attached hydrogens (primary N) is 2. The van der Waals surface area contributed by atoms with Gasteiger partial charge in [-0.2, -0.15) is 13.2 Å². The zero-order valence-corrected chi connectivity index (χ0v) is 15.0. The van der Waals surface area contributed by atoms with Crippen LogP contribution in [-0.2, 0) is 10.9 Å². The van der Waals surface area contributed by atoms with Crippen LogP contribution in [0.5, 0.6) is 0 Å². The Hall–Kier alpha value is -2.33. The molecular weight excluding hydrogens is 361 g/mol. The highest BCUT2D eigenvalue weighted by molar-refractivity contribution is 5.98. The summed E-state index contributed by atoms with van der Waals surface area (Å²) in [6.07, 6.45) is -1.76. The fraction of sp³-hybridized carbons (Fsp3) is 0.529. The molecule has 0 saturated heterocycles. The van der Waals surface area contributed by atoms with Gasteiger partial charge < -0.3 is 20.7 Å². The van der Waals surface area contributed by atoms with Gasteiger partial charge in [-0.15, -0.1) is 0 Å². The number of hydrogen-bond acceptors (Lipinski definition) is 7. The van der Waals surface area contributed by atoms with E-state index in [1.807, 2.05) is 0 Å². The molecule has 7 nitrogen and oxygen atoms in total. The van der Waals surface area contributed by atoms with Crippen LogP contribution in [-0.4, -0.2) is 43.4 Å². The van der Waals surface area contributed by atoms with Crippen molar-refractivity contribution in [2.45, 2.75) is 31.2 Å². The number of alkyl halides is 3. The minimum Gasteiger partial charge on any atom is -0.384 e. The highest BCUT2D eigenvalue weighted by Crippen LogP contribution is 2.36. The predicted octanol–water partition coefficient (Wildman–Crippen LogP) is 1.56. The minimum absolute atomic E-state index is 0.0706. The molecule has 10 heteroatoms. The lowest BCUT2D eigenvalue weighted by atomic mass is 10.0. The fourth-order valence-corrected chi connectivity index (χ4v) is 3.36. The van der Waals surface area contributed by atoms with Gasteiger partial charge in [0, 0.05) is 50.5 Å². The Bertz CT molecular complexity index is 763. The van der Waals surface area contributed by atoms with E-state index in [2.05, 4.69) is 15.3 Å². The molecule has 3 rings (SSSR count). The molecule has 0 radical (unpaired) electrons. The second kappa shape index (κ2) is 7.35. The van der Waals surface area contributed by atoms with Crippen molar-refractivity contribution in [1.82, 2.24) is 10.3 Å². The summed E-state index contributed by atoms with van der Waals surface area (Å²) in [6, 6.07) is 2.34. The number of aromatic nitrogens is 1. The van der Waals surface area contributed by atoms with E-state index in [9.17, 15) is 13.2 Å². The average Bonchev–Trinajstić information content (AvgIpc) is 2.82. The van der Waals surface area contributed by atoms with Crippen LogP contribution >= 0.6 is 0 Å². The first-order valence-electron chi connectivity index (χ1n) is 8.64. The number of nitrogens with one attached hydrogen (secondary N) is 1. The molecule has 1 atom stereocenters. The molecule has 0 aromatic carbocycles. The van der Waals surface area contributed by atoms with Gasteiger partial charge in [-0.3, -0.25) is 5.73 Å². The van der Waals surface area contributed by atoms with Gasteiger partial charge in [0.25, 0.3) is 0 Å². The summed E-state index contributed by atoms with van der Waals surface area (Å²) < 4.78 is 45.0. The molecule has 0 saturated carbocycles. The van der Waals surface area contributed by atoms with E-state index in [-0.39, 0.29) is 5.82 Å². The Morgan fingerprint density at radius 3 is 2.78 bits per heavy atom. The second-order valence-electron chi connectivity index (χ2n) is 6.61. The summed E-state index contributed by atoms with van der Waals surface area (Å²) in [5, 5.41) is 3.19. The monoisotopic (exact) mass is 384 g/mol. The number of hydrogen-bond donors (Lipinski definition) is 3. The SMILES string of the molecule is COCCC1(N)N=C(N)C2=C(CCN(c3ncccc3C(F)(F)F)CC2)N1. The summed E-state index contributed by atoms with van der Waals surface area (Å²) in [4.78, 5) is 9.95. The van der Waals surface area contributed by atoms with Crippen LogP contribution in [0.25, 0.3) is 0 Å². The molecule has 27 heavy (non-hydrogen) atoms. The van der Waals surface area contributed by atoms with Crippen molar-refractivity contribution in [3.05, 3.63) is 35.2 Å². The standard InChI is InChI=1S/C17H23F3N6O/c1-27-10-6-16(22)24-13-5-9-26(8-4-11(13)14(21)25-16)15-12(17(18,19)20)3-2-7-23-15/h2-3,7,24H,4-6,8-10,22H2,1H3,(H2,21,25). The lowest BCUT2D eigenvalue weighted by Gasteiger charge is -2.34. The summed E-state index contributed by atoms with van der Waals surface area (Å²) in [5.41, 5.74) is 13.2. The molecule has 2 aliphatic heterocycles. The number of aliphatic imine (C=N–C) groups is 1. The van der Waals surface area contributed by atoms with E-state index < -0.39 is 17.5 Å². The van der Waals surface area contributed by atoms with E-state index in [1.54, 1.807) is 12.0 Å². The van der Waals surface area contributed by atoms with Gasteiger partial charge in [-0.25, -0.2) is 9.98 Å². The van der Waals surface area contributed by atoms with Gasteiger partial charge in [-0.1, -0.05) is 0 Å². The van der Waals surface area contributed by atoms with E-state index in [0.29, 0.717) is 44.8 Å². The minimum atomic E-state index is -4.46. The number of ether oxygens (including phenoxy) is 1. The molecule has 1 unspecified atom stereocenters. The number of rotatable bonds is 4. The normalized spacial score (nSPS) is 23.4. The molecular formula is C17H23F3N6O. The van der Waals surface area contributed by atoms with E-state index in [0.717, 1.165) is 17.3 Å². The summed E-state index contributed by atoms with van der Waals surface area (Å²) >= 11 is 0. The molecule has 1 aromatic rings. The van der Waals surface area contributed by atoms with E-state index in [4.69, 9.17) is 16.2 Å². The van der Waals surface area contributed by atoms with Crippen molar-refractivity contribution in [2.75, 3.05) is 31.7 Å². The molecule has 3 heterocycles. The van der Waals surface area contributed by atoms with Gasteiger partial charge in [0.05, 0.1) is 12.2 Å². The second-order valence-corrected chi connectivity index (χ2v) is 6.61. The maximum absolute atomic E-state index is 13.3. The zero-order chi connectivity index (χ0) is 19.7. The van der Waals surface area contributed by atoms with Crippen LogP contribution in [0.3, 0.4) is 0 Å². The van der Waals surface area contributed by atoms with Crippen molar-refractivity contribution in [2.24, 2.45) is 16.5 Å².